The van der Waals surface area contributed by atoms with Crippen molar-refractivity contribution in [1.29, 1.82) is 0 Å². The molecule has 1 aliphatic heterocycles. The second-order valence-electron chi connectivity index (χ2n) is 12.8. The van der Waals surface area contributed by atoms with Gasteiger partial charge in [-0.05, 0) is 91.3 Å². The summed E-state index contributed by atoms with van der Waals surface area (Å²) < 4.78 is 0. The monoisotopic (exact) mass is 431 g/mol. The second-order valence-corrected chi connectivity index (χ2v) is 12.8. The van der Waals surface area contributed by atoms with Crippen LogP contribution in [0.3, 0.4) is 0 Å². The van der Waals surface area contributed by atoms with Crippen molar-refractivity contribution in [3.63, 3.8) is 0 Å². The van der Waals surface area contributed by atoms with Crippen LogP contribution in [0, 0.1) is 46.3 Å². The molecule has 8 atom stereocenters. The van der Waals surface area contributed by atoms with E-state index in [9.17, 15) is 4.79 Å². The van der Waals surface area contributed by atoms with Gasteiger partial charge >= 0.3 is 0 Å². The van der Waals surface area contributed by atoms with Gasteiger partial charge in [-0.15, -0.1) is 0 Å². The van der Waals surface area contributed by atoms with Gasteiger partial charge in [0.15, 0.2) is 0 Å². The van der Waals surface area contributed by atoms with Crippen LogP contribution in [0.2, 0.25) is 0 Å². The lowest BCUT2D eigenvalue weighted by atomic mass is 9.48. The molecule has 0 bridgehead atoms. The first-order chi connectivity index (χ1) is 14.6. The van der Waals surface area contributed by atoms with Gasteiger partial charge in [0, 0.05) is 19.5 Å². The standard InChI is InChI=1S/C29H53NO/c1-9-22(20(3)4)12-11-21(5)24(10-2)28(6)17-15-25-23(19-28)13-14-26-29(25,7)18-16-27(31)30(26)8/h20-26H,9-19H2,1-8H3/t21?,22?,23?,24?,25?,26-,28?,29?/m1/s1. The highest BCUT2D eigenvalue weighted by Crippen LogP contribution is 2.61. The fraction of sp³-hybridized carbons (Fsp3) is 0.966. The van der Waals surface area contributed by atoms with Gasteiger partial charge in [-0.3, -0.25) is 4.79 Å². The largest absolute Gasteiger partial charge is 0.342 e. The molecule has 0 aromatic carbocycles. The number of hydrogen-bond acceptors (Lipinski definition) is 1. The first-order valence-electron chi connectivity index (χ1n) is 13.8. The molecule has 1 heterocycles. The molecule has 1 saturated heterocycles. The molecule has 180 valence electrons. The van der Waals surface area contributed by atoms with Crippen LogP contribution in [0.25, 0.3) is 0 Å². The van der Waals surface area contributed by atoms with E-state index in [1.54, 1.807) is 0 Å². The minimum atomic E-state index is 0.353. The van der Waals surface area contributed by atoms with Crippen molar-refractivity contribution in [3.05, 3.63) is 0 Å². The lowest BCUT2D eigenvalue weighted by Gasteiger charge is -2.61. The zero-order valence-electron chi connectivity index (χ0n) is 22.2. The molecule has 1 amide bonds. The number of nitrogens with zero attached hydrogens (tertiary/aromatic N) is 1. The summed E-state index contributed by atoms with van der Waals surface area (Å²) >= 11 is 0. The van der Waals surface area contributed by atoms with Crippen molar-refractivity contribution in [2.45, 2.75) is 125 Å². The van der Waals surface area contributed by atoms with Crippen molar-refractivity contribution in [1.82, 2.24) is 4.90 Å². The quantitative estimate of drug-likeness (QED) is 0.382. The Labute approximate surface area is 194 Å². The zero-order valence-corrected chi connectivity index (χ0v) is 22.2. The van der Waals surface area contributed by atoms with Crippen LogP contribution < -0.4 is 0 Å². The van der Waals surface area contributed by atoms with Crippen molar-refractivity contribution in [2.75, 3.05) is 7.05 Å². The molecule has 2 saturated carbocycles. The van der Waals surface area contributed by atoms with Gasteiger partial charge in [0.25, 0.3) is 0 Å². The van der Waals surface area contributed by atoms with Crippen LogP contribution in [0.15, 0.2) is 0 Å². The molecule has 0 aromatic heterocycles. The third-order valence-corrected chi connectivity index (χ3v) is 11.0. The maximum absolute atomic E-state index is 12.4. The van der Waals surface area contributed by atoms with Gasteiger partial charge in [-0.25, -0.2) is 0 Å². The summed E-state index contributed by atoms with van der Waals surface area (Å²) in [6, 6.07) is 0.488. The molecule has 2 heteroatoms. The smallest absolute Gasteiger partial charge is 0.222 e. The molecule has 31 heavy (non-hydrogen) atoms. The number of rotatable bonds is 8. The van der Waals surface area contributed by atoms with Crippen LogP contribution in [-0.4, -0.2) is 23.9 Å². The van der Waals surface area contributed by atoms with Gasteiger partial charge in [0.2, 0.25) is 5.91 Å². The number of carbonyl (C=O) groups excluding carboxylic acids is 1. The average Bonchev–Trinajstić information content (AvgIpc) is 2.71. The Kier molecular flexibility index (Phi) is 7.90. The Balaban J connectivity index is 1.68. The summed E-state index contributed by atoms with van der Waals surface area (Å²) in [4.78, 5) is 14.5. The number of amides is 1. The minimum Gasteiger partial charge on any atom is -0.342 e. The van der Waals surface area contributed by atoms with E-state index in [-0.39, 0.29) is 0 Å². The third kappa shape index (κ3) is 4.74. The molecule has 0 spiro atoms. The van der Waals surface area contributed by atoms with Gasteiger partial charge in [0.05, 0.1) is 0 Å². The number of carbonyl (C=O) groups is 1. The number of hydrogen-bond donors (Lipinski definition) is 0. The Morgan fingerprint density at radius 3 is 2.32 bits per heavy atom. The Hall–Kier alpha value is -0.530. The first kappa shape index (κ1) is 25.1. The zero-order chi connectivity index (χ0) is 23.0. The molecule has 0 N–H and O–H groups in total. The summed E-state index contributed by atoms with van der Waals surface area (Å²) in [5.74, 6) is 5.50. The van der Waals surface area contributed by atoms with Gasteiger partial charge in [-0.2, -0.15) is 0 Å². The summed E-state index contributed by atoms with van der Waals surface area (Å²) in [5.41, 5.74) is 0.861. The molecular weight excluding hydrogens is 378 g/mol. The van der Waals surface area contributed by atoms with E-state index in [1.807, 2.05) is 0 Å². The molecule has 0 aromatic rings. The van der Waals surface area contributed by atoms with Gasteiger partial charge in [-0.1, -0.05) is 67.7 Å². The topological polar surface area (TPSA) is 20.3 Å². The molecular formula is C29H53NO. The van der Waals surface area contributed by atoms with Crippen LogP contribution in [0.5, 0.6) is 0 Å². The Morgan fingerprint density at radius 1 is 1.00 bits per heavy atom. The Morgan fingerprint density at radius 2 is 1.71 bits per heavy atom. The molecule has 3 aliphatic rings. The predicted molar refractivity (Wildman–Crippen MR) is 133 cm³/mol. The van der Waals surface area contributed by atoms with E-state index >= 15 is 0 Å². The fourth-order valence-corrected chi connectivity index (χ4v) is 9.00. The number of likely N-dealkylation sites (tertiary alicyclic amines) is 1. The van der Waals surface area contributed by atoms with Crippen LogP contribution >= 0.6 is 0 Å². The van der Waals surface area contributed by atoms with Crippen molar-refractivity contribution in [2.24, 2.45) is 46.3 Å². The van der Waals surface area contributed by atoms with E-state index in [1.165, 1.54) is 57.8 Å². The normalized spacial score (nSPS) is 39.1. The highest BCUT2D eigenvalue weighted by molar-refractivity contribution is 5.77. The SMILES string of the molecule is CCC(CCC(C)C(CC)C1(C)CCC2C(CC[C@H]3N(C)C(=O)CCC23C)C1)C(C)C. The molecule has 2 nitrogen and oxygen atoms in total. The van der Waals surface area contributed by atoms with E-state index in [4.69, 9.17) is 0 Å². The predicted octanol–water partition coefficient (Wildman–Crippen LogP) is 7.95. The maximum Gasteiger partial charge on any atom is 0.222 e. The fourth-order valence-electron chi connectivity index (χ4n) is 9.00. The molecule has 0 radical (unpaired) electrons. The lowest BCUT2D eigenvalue weighted by molar-refractivity contribution is -0.154. The third-order valence-electron chi connectivity index (χ3n) is 11.0. The minimum absolute atomic E-state index is 0.353. The molecule has 3 fully saturated rings. The summed E-state index contributed by atoms with van der Waals surface area (Å²) in [7, 11) is 2.08. The highest BCUT2D eigenvalue weighted by Gasteiger charge is 2.56. The van der Waals surface area contributed by atoms with Crippen molar-refractivity contribution < 1.29 is 4.79 Å². The first-order valence-corrected chi connectivity index (χ1v) is 13.8. The molecule has 3 rings (SSSR count). The average molecular weight is 432 g/mol. The summed E-state index contributed by atoms with van der Waals surface area (Å²) in [5, 5.41) is 0. The van der Waals surface area contributed by atoms with Crippen LogP contribution in [-0.2, 0) is 4.79 Å². The lowest BCUT2D eigenvalue weighted by Crippen LogP contribution is -2.60. The van der Waals surface area contributed by atoms with Crippen LogP contribution in [0.4, 0.5) is 0 Å². The number of fused-ring (bicyclic) bond motifs is 3. The second kappa shape index (κ2) is 9.76. The van der Waals surface area contributed by atoms with E-state index in [0.717, 1.165) is 48.3 Å². The maximum atomic E-state index is 12.4. The molecule has 7 unspecified atom stereocenters. The van der Waals surface area contributed by atoms with Gasteiger partial charge < -0.3 is 4.90 Å². The van der Waals surface area contributed by atoms with Crippen LogP contribution in [0.1, 0.15) is 119 Å². The van der Waals surface area contributed by atoms with Gasteiger partial charge in [0.1, 0.15) is 0 Å². The summed E-state index contributed by atoms with van der Waals surface area (Å²) in [6.45, 7) is 17.4. The molecule has 2 aliphatic carbocycles. The van der Waals surface area contributed by atoms with Crippen molar-refractivity contribution in [3.8, 4) is 0 Å². The number of piperidine rings is 1. The van der Waals surface area contributed by atoms with E-state index in [0.29, 0.717) is 22.8 Å². The summed E-state index contributed by atoms with van der Waals surface area (Å²) in [6.07, 6.45) is 14.2. The highest BCUT2D eigenvalue weighted by atomic mass is 16.2. The van der Waals surface area contributed by atoms with E-state index < -0.39 is 0 Å². The Bertz CT molecular complexity index is 614. The van der Waals surface area contributed by atoms with E-state index in [2.05, 4.69) is 60.4 Å². The van der Waals surface area contributed by atoms with Crippen molar-refractivity contribution >= 4 is 5.91 Å².